The summed E-state index contributed by atoms with van der Waals surface area (Å²) in [5.41, 5.74) is 4.82. The Balaban J connectivity index is 1.41. The van der Waals surface area contributed by atoms with Gasteiger partial charge in [0.25, 0.3) is 5.91 Å². The molecule has 0 aliphatic heterocycles. The molecule has 3 aromatic carbocycles. The van der Waals surface area contributed by atoms with Crippen molar-refractivity contribution in [2.24, 2.45) is 5.10 Å². The van der Waals surface area contributed by atoms with Crippen LogP contribution in [-0.2, 0) is 0 Å². The van der Waals surface area contributed by atoms with Gasteiger partial charge in [-0.05, 0) is 66.7 Å². The third kappa shape index (κ3) is 5.34. The maximum atomic E-state index is 12.5. The molecular weight excluding hydrogens is 418 g/mol. The van der Waals surface area contributed by atoms with Crippen LogP contribution in [0.5, 0.6) is 11.5 Å². The molecule has 0 atom stereocenters. The molecule has 7 nitrogen and oxygen atoms in total. The van der Waals surface area contributed by atoms with Crippen LogP contribution in [0.2, 0.25) is 0 Å². The van der Waals surface area contributed by atoms with Gasteiger partial charge in [0.2, 0.25) is 0 Å². The fraction of sp³-hybridized carbons (Fsp3) is 0.0385. The maximum Gasteiger partial charge on any atom is 0.343 e. The molecule has 7 heteroatoms. The van der Waals surface area contributed by atoms with Crippen LogP contribution >= 0.6 is 0 Å². The highest BCUT2D eigenvalue weighted by molar-refractivity contribution is 5.96. The first-order valence-electron chi connectivity index (χ1n) is 10.2. The molecule has 0 saturated carbocycles. The summed E-state index contributed by atoms with van der Waals surface area (Å²) in [6.45, 7) is 0. The number of ether oxygens (including phenoxy) is 2. The fourth-order valence-electron chi connectivity index (χ4n) is 3.11. The number of nitrogens with one attached hydrogen (secondary N) is 1. The number of hydrazone groups is 1. The summed E-state index contributed by atoms with van der Waals surface area (Å²) < 4.78 is 12.6. The summed E-state index contributed by atoms with van der Waals surface area (Å²) in [5.74, 6) is 0.000488. The normalized spacial score (nSPS) is 10.7. The Morgan fingerprint density at radius 1 is 0.879 bits per heavy atom. The van der Waals surface area contributed by atoms with Gasteiger partial charge >= 0.3 is 5.97 Å². The topological polar surface area (TPSA) is 81.9 Å². The summed E-state index contributed by atoms with van der Waals surface area (Å²) in [5, 5.41) is 4.02. The third-order valence-electron chi connectivity index (χ3n) is 4.83. The van der Waals surface area contributed by atoms with Crippen LogP contribution in [-0.4, -0.2) is 29.8 Å². The van der Waals surface area contributed by atoms with Gasteiger partial charge in [0.1, 0.15) is 11.5 Å². The summed E-state index contributed by atoms with van der Waals surface area (Å²) in [6, 6.07) is 24.6. The van der Waals surface area contributed by atoms with E-state index in [9.17, 15) is 9.59 Å². The minimum atomic E-state index is -0.526. The van der Waals surface area contributed by atoms with E-state index in [4.69, 9.17) is 9.47 Å². The summed E-state index contributed by atoms with van der Waals surface area (Å²) >= 11 is 0. The van der Waals surface area contributed by atoms with Crippen LogP contribution in [0.1, 0.15) is 26.3 Å². The number of benzene rings is 3. The number of rotatable bonds is 7. The average Bonchev–Trinajstić information content (AvgIpc) is 3.40. The van der Waals surface area contributed by atoms with Gasteiger partial charge in [-0.1, -0.05) is 18.2 Å². The zero-order valence-corrected chi connectivity index (χ0v) is 17.8. The molecule has 4 aromatic rings. The lowest BCUT2D eigenvalue weighted by Gasteiger charge is -2.08. The number of amides is 1. The molecule has 0 bridgehead atoms. The van der Waals surface area contributed by atoms with Gasteiger partial charge in [0.15, 0.2) is 0 Å². The highest BCUT2D eigenvalue weighted by Gasteiger charge is 2.12. The highest BCUT2D eigenvalue weighted by Crippen LogP contribution is 2.19. The van der Waals surface area contributed by atoms with Crippen LogP contribution in [0.3, 0.4) is 0 Å². The SMILES string of the molecule is COc1cccc(C(=O)Oc2ccccc2/C=N/NC(=O)c2ccc(-n3cccc3)cc2)c1. The Morgan fingerprint density at radius 3 is 2.39 bits per heavy atom. The molecule has 0 saturated heterocycles. The molecule has 164 valence electrons. The van der Waals surface area contributed by atoms with Crippen LogP contribution < -0.4 is 14.9 Å². The fourth-order valence-corrected chi connectivity index (χ4v) is 3.11. The van der Waals surface area contributed by atoms with Gasteiger partial charge < -0.3 is 14.0 Å². The molecule has 0 fully saturated rings. The maximum absolute atomic E-state index is 12.5. The molecule has 33 heavy (non-hydrogen) atoms. The lowest BCUT2D eigenvalue weighted by Crippen LogP contribution is -2.17. The van der Waals surface area contributed by atoms with E-state index in [-0.39, 0.29) is 5.91 Å². The van der Waals surface area contributed by atoms with Crippen molar-refractivity contribution in [2.75, 3.05) is 7.11 Å². The number of carbonyl (C=O) groups excluding carboxylic acids is 2. The standard InChI is InChI=1S/C26H21N3O4/c1-32-23-9-6-8-20(17-23)26(31)33-24-10-3-2-7-21(24)18-27-28-25(30)19-11-13-22(14-12-19)29-15-4-5-16-29/h2-18H,1H3,(H,28,30)/b27-18+. The first kappa shape index (κ1) is 21.6. The lowest BCUT2D eigenvalue weighted by atomic mass is 10.2. The molecule has 1 amide bonds. The largest absolute Gasteiger partial charge is 0.497 e. The summed E-state index contributed by atoms with van der Waals surface area (Å²) in [6.07, 6.45) is 5.29. The lowest BCUT2D eigenvalue weighted by molar-refractivity contribution is 0.0733. The molecule has 1 aromatic heterocycles. The van der Waals surface area contributed by atoms with Crippen molar-refractivity contribution in [1.82, 2.24) is 9.99 Å². The minimum absolute atomic E-state index is 0.319. The first-order valence-corrected chi connectivity index (χ1v) is 10.2. The van der Waals surface area contributed by atoms with Gasteiger partial charge in [0.05, 0.1) is 18.9 Å². The number of esters is 1. The number of para-hydroxylation sites is 1. The smallest absolute Gasteiger partial charge is 0.343 e. The second-order valence-electron chi connectivity index (χ2n) is 7.00. The van der Waals surface area contributed by atoms with Crippen molar-refractivity contribution in [3.05, 3.63) is 114 Å². The summed E-state index contributed by atoms with van der Waals surface area (Å²) in [7, 11) is 1.53. The van der Waals surface area contributed by atoms with E-state index < -0.39 is 5.97 Å². The Hall–Kier alpha value is -4.65. The first-order chi connectivity index (χ1) is 16.1. The molecular formula is C26H21N3O4. The monoisotopic (exact) mass is 439 g/mol. The number of aromatic nitrogens is 1. The predicted octanol–water partition coefficient (Wildman–Crippen LogP) is 4.47. The third-order valence-corrected chi connectivity index (χ3v) is 4.83. The Labute approximate surface area is 190 Å². The van der Waals surface area contributed by atoms with Gasteiger partial charge in [-0.25, -0.2) is 10.2 Å². The van der Waals surface area contributed by atoms with Gasteiger partial charge in [-0.2, -0.15) is 5.10 Å². The molecule has 0 aliphatic rings. The molecule has 0 unspecified atom stereocenters. The van der Waals surface area contributed by atoms with Crippen molar-refractivity contribution < 1.29 is 19.1 Å². The minimum Gasteiger partial charge on any atom is -0.497 e. The van der Waals surface area contributed by atoms with E-state index >= 15 is 0 Å². The molecule has 0 spiro atoms. The Morgan fingerprint density at radius 2 is 1.64 bits per heavy atom. The van der Waals surface area contributed by atoms with Crippen molar-refractivity contribution in [3.63, 3.8) is 0 Å². The quantitative estimate of drug-likeness (QED) is 0.199. The molecule has 1 N–H and O–H groups in total. The summed E-state index contributed by atoms with van der Waals surface area (Å²) in [4.78, 5) is 24.9. The van der Waals surface area contributed by atoms with Crippen LogP contribution in [0.25, 0.3) is 5.69 Å². The predicted molar refractivity (Wildman–Crippen MR) is 125 cm³/mol. The van der Waals surface area contributed by atoms with Gasteiger partial charge in [0, 0.05) is 29.2 Å². The van der Waals surface area contributed by atoms with Gasteiger partial charge in [-0.3, -0.25) is 4.79 Å². The number of hydrogen-bond acceptors (Lipinski definition) is 5. The van der Waals surface area contributed by atoms with Gasteiger partial charge in [-0.15, -0.1) is 0 Å². The number of hydrogen-bond donors (Lipinski definition) is 1. The van der Waals surface area contributed by atoms with Crippen molar-refractivity contribution in [3.8, 4) is 17.2 Å². The molecule has 4 rings (SSSR count). The van der Waals surface area contributed by atoms with E-state index in [1.54, 1.807) is 60.7 Å². The Bertz CT molecular complexity index is 1280. The van der Waals surface area contributed by atoms with Crippen LogP contribution in [0.15, 0.2) is 102 Å². The van der Waals surface area contributed by atoms with E-state index in [0.717, 1.165) is 5.69 Å². The van der Waals surface area contributed by atoms with E-state index in [1.165, 1.54) is 13.3 Å². The van der Waals surface area contributed by atoms with Crippen molar-refractivity contribution in [2.45, 2.75) is 0 Å². The second kappa shape index (κ2) is 10.1. The number of methoxy groups -OCH3 is 1. The molecule has 1 heterocycles. The second-order valence-corrected chi connectivity index (χ2v) is 7.00. The van der Waals surface area contributed by atoms with Crippen LogP contribution in [0.4, 0.5) is 0 Å². The van der Waals surface area contributed by atoms with E-state index in [0.29, 0.717) is 28.2 Å². The zero-order chi connectivity index (χ0) is 23.0. The molecule has 0 radical (unpaired) electrons. The van der Waals surface area contributed by atoms with E-state index in [2.05, 4.69) is 10.5 Å². The highest BCUT2D eigenvalue weighted by atomic mass is 16.5. The van der Waals surface area contributed by atoms with Crippen molar-refractivity contribution in [1.29, 1.82) is 0 Å². The average molecular weight is 439 g/mol. The van der Waals surface area contributed by atoms with E-state index in [1.807, 2.05) is 41.2 Å². The molecule has 0 aliphatic carbocycles. The number of nitrogens with zero attached hydrogens (tertiary/aromatic N) is 2. The number of carbonyl (C=O) groups is 2. The Kier molecular flexibility index (Phi) is 6.61. The zero-order valence-electron chi connectivity index (χ0n) is 17.8. The van der Waals surface area contributed by atoms with Crippen molar-refractivity contribution >= 4 is 18.1 Å². The van der Waals surface area contributed by atoms with Crippen LogP contribution in [0, 0.1) is 0 Å².